The number of aromatic nitrogens is 1. The van der Waals surface area contributed by atoms with Crippen molar-refractivity contribution < 1.29 is 14.0 Å². The van der Waals surface area contributed by atoms with Gasteiger partial charge in [-0.3, -0.25) is 9.59 Å². The minimum atomic E-state index is -0.354. The Labute approximate surface area is 204 Å². The third-order valence-electron chi connectivity index (χ3n) is 4.98. The fraction of sp³-hybridized carbons (Fsp3) is 0.0385. The van der Waals surface area contributed by atoms with Crippen molar-refractivity contribution in [2.75, 3.05) is 10.6 Å². The fourth-order valence-electron chi connectivity index (χ4n) is 3.29. The largest absolute Gasteiger partial charge is 0.459 e. The molecule has 0 radical (unpaired) electrons. The van der Waals surface area contributed by atoms with Crippen LogP contribution >= 0.6 is 23.1 Å². The average molecular weight is 486 g/mol. The highest BCUT2D eigenvalue weighted by Crippen LogP contribution is 2.31. The molecule has 5 rings (SSSR count). The molecule has 0 unspecified atom stereocenters. The van der Waals surface area contributed by atoms with Crippen LogP contribution in [0.3, 0.4) is 0 Å². The second kappa shape index (κ2) is 9.94. The standard InChI is InChI=1S/C26H19N3O3S2/c30-24(27-19-5-3-6-20(15-19)28-25(31)22-8-4-14-32-22)18-12-10-17(11-13-18)16-33-26-29-21-7-1-2-9-23(21)34-26/h1-15H,16H2,(H,27,30)(H,28,31). The summed E-state index contributed by atoms with van der Waals surface area (Å²) < 4.78 is 7.31. The number of benzene rings is 3. The van der Waals surface area contributed by atoms with Crippen LogP contribution < -0.4 is 10.6 Å². The molecule has 5 aromatic rings. The van der Waals surface area contributed by atoms with E-state index in [2.05, 4.69) is 21.7 Å². The number of hydrogen-bond donors (Lipinski definition) is 2. The topological polar surface area (TPSA) is 84.2 Å². The van der Waals surface area contributed by atoms with Crippen LogP contribution in [-0.2, 0) is 5.75 Å². The minimum absolute atomic E-state index is 0.218. The summed E-state index contributed by atoms with van der Waals surface area (Å²) in [4.78, 5) is 29.5. The van der Waals surface area contributed by atoms with Crippen LogP contribution in [0.1, 0.15) is 26.5 Å². The third kappa shape index (κ3) is 5.19. The first-order valence-electron chi connectivity index (χ1n) is 10.5. The van der Waals surface area contributed by atoms with E-state index in [4.69, 9.17) is 4.42 Å². The van der Waals surface area contributed by atoms with Crippen molar-refractivity contribution in [2.45, 2.75) is 10.1 Å². The molecule has 0 fully saturated rings. The highest BCUT2D eigenvalue weighted by Gasteiger charge is 2.11. The van der Waals surface area contributed by atoms with Gasteiger partial charge in [0.1, 0.15) is 0 Å². The van der Waals surface area contributed by atoms with Crippen molar-refractivity contribution in [1.29, 1.82) is 0 Å². The zero-order chi connectivity index (χ0) is 23.3. The molecular formula is C26H19N3O3S2. The molecule has 0 saturated heterocycles. The van der Waals surface area contributed by atoms with E-state index in [0.717, 1.165) is 21.2 Å². The molecular weight excluding hydrogens is 466 g/mol. The Morgan fingerprint density at radius 3 is 2.35 bits per heavy atom. The molecule has 3 aromatic carbocycles. The molecule has 0 saturated carbocycles. The molecule has 2 amide bonds. The molecule has 168 valence electrons. The molecule has 0 aliphatic rings. The zero-order valence-electron chi connectivity index (χ0n) is 17.9. The predicted octanol–water partition coefficient (Wildman–Crippen LogP) is 6.69. The number of carbonyl (C=O) groups is 2. The lowest BCUT2D eigenvalue weighted by molar-refractivity contribution is 0.0995. The summed E-state index contributed by atoms with van der Waals surface area (Å²) in [5.74, 6) is 0.419. The van der Waals surface area contributed by atoms with Crippen molar-refractivity contribution in [3.05, 3.63) is 108 Å². The van der Waals surface area contributed by atoms with Gasteiger partial charge >= 0.3 is 0 Å². The second-order valence-electron chi connectivity index (χ2n) is 7.40. The Morgan fingerprint density at radius 2 is 1.62 bits per heavy atom. The molecule has 2 heterocycles. The Morgan fingerprint density at radius 1 is 0.853 bits per heavy atom. The number of thiazole rings is 1. The number of hydrogen-bond acceptors (Lipinski definition) is 6. The number of nitrogens with one attached hydrogen (secondary N) is 2. The summed E-state index contributed by atoms with van der Waals surface area (Å²) in [6, 6.07) is 25.8. The molecule has 2 aromatic heterocycles. The number of fused-ring (bicyclic) bond motifs is 1. The van der Waals surface area contributed by atoms with Gasteiger partial charge in [0.25, 0.3) is 11.8 Å². The van der Waals surface area contributed by atoms with Gasteiger partial charge in [-0.2, -0.15) is 0 Å². The van der Waals surface area contributed by atoms with Crippen molar-refractivity contribution in [3.63, 3.8) is 0 Å². The van der Waals surface area contributed by atoms with Gasteiger partial charge in [0.2, 0.25) is 0 Å². The molecule has 2 N–H and O–H groups in total. The van der Waals surface area contributed by atoms with Gasteiger partial charge in [-0.15, -0.1) is 11.3 Å². The van der Waals surface area contributed by atoms with Gasteiger partial charge in [-0.25, -0.2) is 4.98 Å². The average Bonchev–Trinajstić information content (AvgIpc) is 3.53. The molecule has 0 bridgehead atoms. The number of para-hydroxylation sites is 1. The maximum Gasteiger partial charge on any atom is 0.291 e. The minimum Gasteiger partial charge on any atom is -0.459 e. The number of anilines is 2. The van der Waals surface area contributed by atoms with E-state index in [1.54, 1.807) is 59.5 Å². The first-order chi connectivity index (χ1) is 16.6. The van der Waals surface area contributed by atoms with Crippen LogP contribution in [0, 0.1) is 0 Å². The predicted molar refractivity (Wildman–Crippen MR) is 137 cm³/mol. The van der Waals surface area contributed by atoms with Crippen molar-refractivity contribution in [2.24, 2.45) is 0 Å². The first-order valence-corrected chi connectivity index (χ1v) is 12.3. The number of rotatable bonds is 7. The molecule has 0 atom stereocenters. The number of furan rings is 1. The van der Waals surface area contributed by atoms with Gasteiger partial charge in [0, 0.05) is 22.7 Å². The summed E-state index contributed by atoms with van der Waals surface area (Å²) in [5.41, 5.74) is 3.83. The van der Waals surface area contributed by atoms with Crippen molar-refractivity contribution in [1.82, 2.24) is 4.98 Å². The summed E-state index contributed by atoms with van der Waals surface area (Å²) >= 11 is 3.37. The molecule has 8 heteroatoms. The summed E-state index contributed by atoms with van der Waals surface area (Å²) in [7, 11) is 0. The van der Waals surface area contributed by atoms with Gasteiger partial charge in [0.05, 0.1) is 16.5 Å². The molecule has 0 aliphatic carbocycles. The van der Waals surface area contributed by atoms with Crippen LogP contribution in [0.2, 0.25) is 0 Å². The van der Waals surface area contributed by atoms with Crippen LogP contribution in [0.25, 0.3) is 10.2 Å². The van der Waals surface area contributed by atoms with Gasteiger partial charge < -0.3 is 15.1 Å². The van der Waals surface area contributed by atoms with E-state index in [0.29, 0.717) is 16.9 Å². The second-order valence-corrected chi connectivity index (χ2v) is 9.65. The van der Waals surface area contributed by atoms with Gasteiger partial charge in [-0.1, -0.05) is 42.1 Å². The number of thioether (sulfide) groups is 1. The Bertz CT molecular complexity index is 1410. The normalized spacial score (nSPS) is 10.8. The third-order valence-corrected chi connectivity index (χ3v) is 7.23. The summed E-state index contributed by atoms with van der Waals surface area (Å²) in [6.07, 6.45) is 1.44. The maximum atomic E-state index is 12.7. The molecule has 0 spiro atoms. The lowest BCUT2D eigenvalue weighted by Gasteiger charge is -2.09. The number of nitrogens with zero attached hydrogens (tertiary/aromatic N) is 1. The smallest absolute Gasteiger partial charge is 0.291 e. The summed E-state index contributed by atoms with van der Waals surface area (Å²) in [6.45, 7) is 0. The van der Waals surface area contributed by atoms with Crippen LogP contribution in [-0.4, -0.2) is 16.8 Å². The van der Waals surface area contributed by atoms with Crippen LogP contribution in [0.15, 0.2) is 99.9 Å². The molecule has 34 heavy (non-hydrogen) atoms. The lowest BCUT2D eigenvalue weighted by Crippen LogP contribution is -2.13. The SMILES string of the molecule is O=C(Nc1cccc(NC(=O)c2ccco2)c1)c1ccc(CSc2nc3ccccc3s2)cc1. The molecule has 0 aliphatic heterocycles. The number of amides is 2. The van der Waals surface area contributed by atoms with Crippen LogP contribution in [0.4, 0.5) is 11.4 Å². The van der Waals surface area contributed by atoms with E-state index in [1.807, 2.05) is 42.5 Å². The summed E-state index contributed by atoms with van der Waals surface area (Å²) in [5, 5.41) is 5.62. The van der Waals surface area contributed by atoms with E-state index < -0.39 is 0 Å². The quantitative estimate of drug-likeness (QED) is 0.251. The van der Waals surface area contributed by atoms with Gasteiger partial charge in [0.15, 0.2) is 10.1 Å². The zero-order valence-corrected chi connectivity index (χ0v) is 19.5. The monoisotopic (exact) mass is 485 g/mol. The Kier molecular flexibility index (Phi) is 6.42. The van der Waals surface area contributed by atoms with Gasteiger partial charge in [-0.05, 0) is 60.2 Å². The van der Waals surface area contributed by atoms with E-state index >= 15 is 0 Å². The van der Waals surface area contributed by atoms with Crippen LogP contribution in [0.5, 0.6) is 0 Å². The molecule has 6 nitrogen and oxygen atoms in total. The maximum absolute atomic E-state index is 12.7. The first kappa shape index (κ1) is 21.9. The highest BCUT2D eigenvalue weighted by molar-refractivity contribution is 8.00. The van der Waals surface area contributed by atoms with E-state index in [1.165, 1.54) is 11.0 Å². The van der Waals surface area contributed by atoms with E-state index in [9.17, 15) is 9.59 Å². The highest BCUT2D eigenvalue weighted by atomic mass is 32.2. The van der Waals surface area contributed by atoms with Crippen molar-refractivity contribution in [3.8, 4) is 0 Å². The fourth-order valence-corrected chi connectivity index (χ4v) is 5.31. The lowest BCUT2D eigenvalue weighted by atomic mass is 10.1. The van der Waals surface area contributed by atoms with Crippen molar-refractivity contribution >= 4 is 56.5 Å². The Hall–Kier alpha value is -3.88. The number of carbonyl (C=O) groups excluding carboxylic acids is 2. The Balaban J connectivity index is 1.18. The van der Waals surface area contributed by atoms with E-state index in [-0.39, 0.29) is 17.6 Å².